The van der Waals surface area contributed by atoms with Gasteiger partial charge in [0.05, 0.1) is 16.1 Å². The highest BCUT2D eigenvalue weighted by molar-refractivity contribution is 7.13. The molecule has 1 aliphatic rings. The SMILES string of the molecule is Cc1nc(CC(C)C)sc1C(=O)NCC1(C(=O)O)CCOCC1. The number of carboxylic acid groups (broad SMARTS) is 1. The summed E-state index contributed by atoms with van der Waals surface area (Å²) in [6.45, 7) is 7.00. The summed E-state index contributed by atoms with van der Waals surface area (Å²) in [5.74, 6) is -0.626. The Morgan fingerprint density at radius 2 is 2.04 bits per heavy atom. The minimum absolute atomic E-state index is 0.126. The Balaban J connectivity index is 2.04. The summed E-state index contributed by atoms with van der Waals surface area (Å²) in [4.78, 5) is 29.0. The van der Waals surface area contributed by atoms with E-state index in [2.05, 4.69) is 24.1 Å². The number of carbonyl (C=O) groups is 2. The Kier molecular flexibility index (Phi) is 5.75. The van der Waals surface area contributed by atoms with E-state index in [0.717, 1.165) is 11.4 Å². The molecule has 1 aromatic heterocycles. The molecule has 7 heteroatoms. The van der Waals surface area contributed by atoms with Gasteiger partial charge in [-0.05, 0) is 25.7 Å². The first-order chi connectivity index (χ1) is 10.8. The van der Waals surface area contributed by atoms with Gasteiger partial charge in [-0.25, -0.2) is 4.98 Å². The van der Waals surface area contributed by atoms with Gasteiger partial charge in [0, 0.05) is 26.2 Å². The Labute approximate surface area is 140 Å². The van der Waals surface area contributed by atoms with E-state index in [4.69, 9.17) is 4.74 Å². The van der Waals surface area contributed by atoms with Crippen LogP contribution in [0.25, 0.3) is 0 Å². The highest BCUT2D eigenvalue weighted by Crippen LogP contribution is 2.30. The fourth-order valence-electron chi connectivity index (χ4n) is 2.66. The number of aromatic nitrogens is 1. The van der Waals surface area contributed by atoms with Gasteiger partial charge in [0.1, 0.15) is 4.88 Å². The lowest BCUT2D eigenvalue weighted by Gasteiger charge is -2.33. The molecule has 0 bridgehead atoms. The maximum absolute atomic E-state index is 12.4. The molecule has 1 fully saturated rings. The van der Waals surface area contributed by atoms with Gasteiger partial charge in [0.15, 0.2) is 0 Å². The first-order valence-corrected chi connectivity index (χ1v) is 8.71. The number of hydrogen-bond donors (Lipinski definition) is 2. The number of aryl methyl sites for hydroxylation is 1. The van der Waals surface area contributed by atoms with Gasteiger partial charge in [-0.3, -0.25) is 9.59 Å². The zero-order valence-corrected chi connectivity index (χ0v) is 14.7. The van der Waals surface area contributed by atoms with Crippen molar-refractivity contribution in [3.63, 3.8) is 0 Å². The van der Waals surface area contributed by atoms with Gasteiger partial charge < -0.3 is 15.2 Å². The van der Waals surface area contributed by atoms with Gasteiger partial charge in [0.2, 0.25) is 0 Å². The standard InChI is InChI=1S/C16H24N2O4S/c1-10(2)8-12-18-11(3)13(23-12)14(19)17-9-16(15(20)21)4-6-22-7-5-16/h10H,4-9H2,1-3H3,(H,17,19)(H,20,21). The third kappa shape index (κ3) is 4.29. The van der Waals surface area contributed by atoms with Crippen molar-refractivity contribution in [1.82, 2.24) is 10.3 Å². The summed E-state index contributed by atoms with van der Waals surface area (Å²) in [6.07, 6.45) is 1.68. The van der Waals surface area contributed by atoms with Crippen LogP contribution in [0.4, 0.5) is 0 Å². The van der Waals surface area contributed by atoms with E-state index < -0.39 is 11.4 Å². The maximum Gasteiger partial charge on any atom is 0.311 e. The van der Waals surface area contributed by atoms with Gasteiger partial charge in [-0.2, -0.15) is 0 Å². The van der Waals surface area contributed by atoms with Crippen molar-refractivity contribution in [2.75, 3.05) is 19.8 Å². The van der Waals surface area contributed by atoms with E-state index in [1.807, 2.05) is 6.92 Å². The van der Waals surface area contributed by atoms with Crippen LogP contribution in [0, 0.1) is 18.3 Å². The molecule has 0 saturated carbocycles. The molecule has 6 nitrogen and oxygen atoms in total. The summed E-state index contributed by atoms with van der Waals surface area (Å²) >= 11 is 1.39. The molecule has 0 aliphatic carbocycles. The summed E-state index contributed by atoms with van der Waals surface area (Å²) in [7, 11) is 0. The molecule has 0 atom stereocenters. The lowest BCUT2D eigenvalue weighted by Crippen LogP contribution is -2.46. The normalized spacial score (nSPS) is 17.2. The maximum atomic E-state index is 12.4. The fraction of sp³-hybridized carbons (Fsp3) is 0.688. The highest BCUT2D eigenvalue weighted by Gasteiger charge is 2.40. The third-order valence-electron chi connectivity index (χ3n) is 4.12. The topological polar surface area (TPSA) is 88.5 Å². The second kappa shape index (κ2) is 7.40. The summed E-state index contributed by atoms with van der Waals surface area (Å²) in [6, 6.07) is 0. The number of rotatable bonds is 6. The van der Waals surface area contributed by atoms with Crippen molar-refractivity contribution in [3.8, 4) is 0 Å². The van der Waals surface area contributed by atoms with Gasteiger partial charge in [0.25, 0.3) is 5.91 Å². The van der Waals surface area contributed by atoms with Crippen LogP contribution in [0.2, 0.25) is 0 Å². The number of nitrogens with one attached hydrogen (secondary N) is 1. The third-order valence-corrected chi connectivity index (χ3v) is 5.30. The number of carbonyl (C=O) groups excluding carboxylic acids is 1. The minimum Gasteiger partial charge on any atom is -0.481 e. The van der Waals surface area contributed by atoms with Crippen molar-refractivity contribution in [2.45, 2.75) is 40.0 Å². The van der Waals surface area contributed by atoms with Crippen LogP contribution >= 0.6 is 11.3 Å². The quantitative estimate of drug-likeness (QED) is 0.829. The number of amides is 1. The Hall–Kier alpha value is -1.47. The molecule has 0 spiro atoms. The second-order valence-corrected chi connectivity index (χ2v) is 7.58. The Morgan fingerprint density at radius 1 is 1.39 bits per heavy atom. The molecule has 128 valence electrons. The molecule has 2 heterocycles. The lowest BCUT2D eigenvalue weighted by atomic mass is 9.80. The lowest BCUT2D eigenvalue weighted by molar-refractivity contribution is -0.154. The van der Waals surface area contributed by atoms with Crippen LogP contribution in [0.1, 0.15) is 47.1 Å². The monoisotopic (exact) mass is 340 g/mol. The van der Waals surface area contributed by atoms with Crippen molar-refractivity contribution in [1.29, 1.82) is 0 Å². The fourth-order valence-corrected chi connectivity index (χ4v) is 3.85. The molecule has 23 heavy (non-hydrogen) atoms. The first-order valence-electron chi connectivity index (χ1n) is 7.90. The van der Waals surface area contributed by atoms with E-state index in [0.29, 0.717) is 42.5 Å². The van der Waals surface area contributed by atoms with Crippen LogP contribution in [0.15, 0.2) is 0 Å². The zero-order chi connectivity index (χ0) is 17.0. The average molecular weight is 340 g/mol. The van der Waals surface area contributed by atoms with Gasteiger partial charge >= 0.3 is 5.97 Å². The van der Waals surface area contributed by atoms with E-state index in [9.17, 15) is 14.7 Å². The Morgan fingerprint density at radius 3 is 2.61 bits per heavy atom. The van der Waals surface area contributed by atoms with E-state index in [1.165, 1.54) is 11.3 Å². The molecule has 1 saturated heterocycles. The van der Waals surface area contributed by atoms with Crippen LogP contribution < -0.4 is 5.32 Å². The number of nitrogens with zero attached hydrogens (tertiary/aromatic N) is 1. The van der Waals surface area contributed by atoms with Crippen LogP contribution in [-0.4, -0.2) is 41.7 Å². The molecule has 1 aromatic rings. The van der Waals surface area contributed by atoms with Gasteiger partial charge in [-0.1, -0.05) is 13.8 Å². The van der Waals surface area contributed by atoms with Crippen molar-refractivity contribution in [2.24, 2.45) is 11.3 Å². The highest BCUT2D eigenvalue weighted by atomic mass is 32.1. The van der Waals surface area contributed by atoms with Crippen molar-refractivity contribution < 1.29 is 19.4 Å². The number of hydrogen-bond acceptors (Lipinski definition) is 5. The van der Waals surface area contributed by atoms with Gasteiger partial charge in [-0.15, -0.1) is 11.3 Å². The summed E-state index contributed by atoms with van der Waals surface area (Å²) in [5.41, 5.74) is -0.215. The smallest absolute Gasteiger partial charge is 0.311 e. The number of carboxylic acids is 1. The largest absolute Gasteiger partial charge is 0.481 e. The number of aliphatic carboxylic acids is 1. The van der Waals surface area contributed by atoms with E-state index in [-0.39, 0.29) is 12.5 Å². The van der Waals surface area contributed by atoms with E-state index >= 15 is 0 Å². The molecule has 0 aromatic carbocycles. The zero-order valence-electron chi connectivity index (χ0n) is 13.8. The predicted molar refractivity (Wildman–Crippen MR) is 87.8 cm³/mol. The average Bonchev–Trinajstić information content (AvgIpc) is 2.85. The van der Waals surface area contributed by atoms with Crippen LogP contribution in [0.5, 0.6) is 0 Å². The molecule has 1 amide bonds. The van der Waals surface area contributed by atoms with Crippen molar-refractivity contribution in [3.05, 3.63) is 15.6 Å². The van der Waals surface area contributed by atoms with Crippen LogP contribution in [-0.2, 0) is 16.0 Å². The predicted octanol–water partition coefficient (Wildman–Crippen LogP) is 2.26. The Bertz CT molecular complexity index is 577. The van der Waals surface area contributed by atoms with E-state index in [1.54, 1.807) is 0 Å². The number of ether oxygens (including phenoxy) is 1. The van der Waals surface area contributed by atoms with Crippen molar-refractivity contribution >= 4 is 23.2 Å². The molecule has 0 radical (unpaired) electrons. The van der Waals surface area contributed by atoms with Crippen LogP contribution in [0.3, 0.4) is 0 Å². The molecular weight excluding hydrogens is 316 g/mol. The molecule has 1 aliphatic heterocycles. The molecular formula is C16H24N2O4S. The molecule has 0 unspecified atom stereocenters. The molecule has 2 N–H and O–H groups in total. The molecule has 2 rings (SSSR count). The summed E-state index contributed by atoms with van der Waals surface area (Å²) < 4.78 is 5.24. The first kappa shape index (κ1) is 17.9. The number of thiazole rings is 1. The second-order valence-electron chi connectivity index (χ2n) is 6.50. The summed E-state index contributed by atoms with van der Waals surface area (Å²) in [5, 5.41) is 13.3. The minimum atomic E-state index is -0.923.